The molecule has 0 fully saturated rings. The average molecular weight is 355 g/mol. The molecule has 1 atom stereocenters. The van der Waals surface area contributed by atoms with E-state index in [-0.39, 0.29) is 17.7 Å². The number of phenols is 1. The first-order chi connectivity index (χ1) is 12.3. The van der Waals surface area contributed by atoms with Crippen molar-refractivity contribution in [2.24, 2.45) is 0 Å². The van der Waals surface area contributed by atoms with E-state index in [2.05, 4.69) is 4.74 Å². The molecule has 1 unspecified atom stereocenters. The first-order valence-electron chi connectivity index (χ1n) is 7.88. The highest BCUT2D eigenvalue weighted by Gasteiger charge is 2.39. The Morgan fingerprint density at radius 2 is 1.92 bits per heavy atom. The molecule has 2 aromatic rings. The van der Waals surface area contributed by atoms with E-state index in [0.29, 0.717) is 16.7 Å². The molecular formula is C19H17NO6. The van der Waals surface area contributed by atoms with Gasteiger partial charge in [0, 0.05) is 17.7 Å². The van der Waals surface area contributed by atoms with Crippen molar-refractivity contribution in [3.05, 3.63) is 64.2 Å². The zero-order valence-corrected chi connectivity index (χ0v) is 14.2. The molecule has 0 bridgehead atoms. The molecule has 0 saturated carbocycles. The van der Waals surface area contributed by atoms with Gasteiger partial charge in [-0.05, 0) is 36.2 Å². The minimum Gasteiger partial charge on any atom is -0.507 e. The van der Waals surface area contributed by atoms with Gasteiger partial charge in [-0.2, -0.15) is 0 Å². The van der Waals surface area contributed by atoms with Crippen LogP contribution in [0.25, 0.3) is 0 Å². The van der Waals surface area contributed by atoms with Crippen LogP contribution in [0.5, 0.6) is 5.75 Å². The van der Waals surface area contributed by atoms with Crippen LogP contribution >= 0.6 is 0 Å². The standard InChI is InChI=1S/C19H17NO6/c1-10-7-13(16(21)14(8-10)19(25)26-2)15(18(23)24)20-9-11-5-3-4-6-12(11)17(20)22/h3-8,15,21H,9H2,1-2H3,(H,23,24). The number of fused-ring (bicyclic) bond motifs is 1. The van der Waals surface area contributed by atoms with Crippen LogP contribution in [0, 0.1) is 6.92 Å². The summed E-state index contributed by atoms with van der Waals surface area (Å²) in [6.07, 6.45) is 0. The van der Waals surface area contributed by atoms with Crippen LogP contribution in [0.4, 0.5) is 0 Å². The second-order valence-corrected chi connectivity index (χ2v) is 6.07. The number of amides is 1. The number of carbonyl (C=O) groups is 3. The van der Waals surface area contributed by atoms with Gasteiger partial charge in [0.05, 0.1) is 7.11 Å². The van der Waals surface area contributed by atoms with E-state index in [1.54, 1.807) is 31.2 Å². The Hall–Kier alpha value is -3.35. The lowest BCUT2D eigenvalue weighted by molar-refractivity contribution is -0.142. The Kier molecular flexibility index (Phi) is 4.38. The van der Waals surface area contributed by atoms with Crippen molar-refractivity contribution in [3.63, 3.8) is 0 Å². The molecular weight excluding hydrogens is 338 g/mol. The van der Waals surface area contributed by atoms with Gasteiger partial charge in [0.1, 0.15) is 11.3 Å². The van der Waals surface area contributed by atoms with Crippen LogP contribution in [0.15, 0.2) is 36.4 Å². The zero-order chi connectivity index (χ0) is 19.0. The maximum atomic E-state index is 12.7. The number of rotatable bonds is 4. The molecule has 0 spiro atoms. The molecule has 1 amide bonds. The normalized spacial score (nSPS) is 14.1. The van der Waals surface area contributed by atoms with Gasteiger partial charge in [-0.25, -0.2) is 9.59 Å². The third-order valence-corrected chi connectivity index (χ3v) is 4.38. The number of carboxylic acid groups (broad SMARTS) is 1. The Morgan fingerprint density at radius 1 is 1.23 bits per heavy atom. The second-order valence-electron chi connectivity index (χ2n) is 6.07. The van der Waals surface area contributed by atoms with Crippen molar-refractivity contribution in [1.29, 1.82) is 0 Å². The number of phenolic OH excluding ortho intramolecular Hbond substituents is 1. The Labute approximate surface area is 149 Å². The molecule has 2 N–H and O–H groups in total. The average Bonchev–Trinajstić information content (AvgIpc) is 2.94. The number of nitrogens with zero attached hydrogens (tertiary/aromatic N) is 1. The van der Waals surface area contributed by atoms with Crippen molar-refractivity contribution in [1.82, 2.24) is 4.90 Å². The summed E-state index contributed by atoms with van der Waals surface area (Å²) in [5.41, 5.74) is 1.54. The highest BCUT2D eigenvalue weighted by Crippen LogP contribution is 2.37. The fraction of sp³-hybridized carbons (Fsp3) is 0.211. The van der Waals surface area contributed by atoms with Crippen LogP contribution in [0.3, 0.4) is 0 Å². The SMILES string of the molecule is COC(=O)c1cc(C)cc(C(C(=O)O)N2Cc3ccccc3C2=O)c1O. The van der Waals surface area contributed by atoms with E-state index in [1.165, 1.54) is 24.1 Å². The van der Waals surface area contributed by atoms with E-state index in [4.69, 9.17) is 0 Å². The van der Waals surface area contributed by atoms with Crippen LogP contribution in [0.1, 0.15) is 43.4 Å². The number of aliphatic carboxylic acids is 1. The fourth-order valence-corrected chi connectivity index (χ4v) is 3.20. The lowest BCUT2D eigenvalue weighted by atomic mass is 9.98. The second kappa shape index (κ2) is 6.51. The number of ether oxygens (including phenoxy) is 1. The molecule has 0 radical (unpaired) electrons. The van der Waals surface area contributed by atoms with Crippen molar-refractivity contribution < 1.29 is 29.3 Å². The van der Waals surface area contributed by atoms with Gasteiger partial charge in [-0.3, -0.25) is 4.79 Å². The van der Waals surface area contributed by atoms with Crippen LogP contribution in [-0.2, 0) is 16.1 Å². The zero-order valence-electron chi connectivity index (χ0n) is 14.2. The number of methoxy groups -OCH3 is 1. The molecule has 3 rings (SSSR count). The number of hydrogen-bond donors (Lipinski definition) is 2. The van der Waals surface area contributed by atoms with Gasteiger partial charge in [-0.1, -0.05) is 18.2 Å². The topological polar surface area (TPSA) is 104 Å². The molecule has 26 heavy (non-hydrogen) atoms. The minimum atomic E-state index is -1.43. The number of aromatic hydroxyl groups is 1. The van der Waals surface area contributed by atoms with Crippen molar-refractivity contribution >= 4 is 17.8 Å². The third-order valence-electron chi connectivity index (χ3n) is 4.38. The highest BCUT2D eigenvalue weighted by atomic mass is 16.5. The van der Waals surface area contributed by atoms with E-state index in [1.807, 2.05) is 0 Å². The van der Waals surface area contributed by atoms with Crippen molar-refractivity contribution in [2.45, 2.75) is 19.5 Å². The van der Waals surface area contributed by atoms with Gasteiger partial charge < -0.3 is 19.8 Å². The summed E-state index contributed by atoms with van der Waals surface area (Å²) in [5, 5.41) is 20.3. The summed E-state index contributed by atoms with van der Waals surface area (Å²) < 4.78 is 4.64. The largest absolute Gasteiger partial charge is 0.507 e. The van der Waals surface area contributed by atoms with E-state index >= 15 is 0 Å². The number of carboxylic acids is 1. The number of aryl methyl sites for hydroxylation is 1. The van der Waals surface area contributed by atoms with Crippen molar-refractivity contribution in [2.75, 3.05) is 7.11 Å². The first kappa shape index (κ1) is 17.5. The molecule has 7 heteroatoms. The summed E-state index contributed by atoms with van der Waals surface area (Å²) in [4.78, 5) is 37.7. The molecule has 7 nitrogen and oxygen atoms in total. The highest BCUT2D eigenvalue weighted by molar-refractivity contribution is 6.01. The van der Waals surface area contributed by atoms with Gasteiger partial charge in [0.2, 0.25) is 0 Å². The van der Waals surface area contributed by atoms with Crippen LogP contribution < -0.4 is 0 Å². The summed E-state index contributed by atoms with van der Waals surface area (Å²) in [6.45, 7) is 1.77. The molecule has 0 saturated heterocycles. The molecule has 0 aliphatic carbocycles. The first-order valence-corrected chi connectivity index (χ1v) is 7.88. The smallest absolute Gasteiger partial charge is 0.341 e. The van der Waals surface area contributed by atoms with Gasteiger partial charge in [0.15, 0.2) is 6.04 Å². The minimum absolute atomic E-state index is 0.0287. The van der Waals surface area contributed by atoms with E-state index < -0.39 is 29.6 Å². The third kappa shape index (κ3) is 2.77. The van der Waals surface area contributed by atoms with Crippen LogP contribution in [-0.4, -0.2) is 40.1 Å². The Bertz CT molecular complexity index is 920. The van der Waals surface area contributed by atoms with E-state index in [0.717, 1.165) is 0 Å². The fourth-order valence-electron chi connectivity index (χ4n) is 3.20. The lowest BCUT2D eigenvalue weighted by Crippen LogP contribution is -2.34. The summed E-state index contributed by atoms with van der Waals surface area (Å²) in [7, 11) is 1.17. The molecule has 1 aliphatic rings. The number of esters is 1. The summed E-state index contributed by atoms with van der Waals surface area (Å²) in [5.74, 6) is -3.03. The molecule has 1 aliphatic heterocycles. The molecule has 0 aromatic heterocycles. The summed E-state index contributed by atoms with van der Waals surface area (Å²) in [6, 6.07) is 8.29. The lowest BCUT2D eigenvalue weighted by Gasteiger charge is -2.26. The predicted molar refractivity (Wildman–Crippen MR) is 90.9 cm³/mol. The maximum absolute atomic E-state index is 12.7. The van der Waals surface area contributed by atoms with Crippen molar-refractivity contribution in [3.8, 4) is 5.75 Å². The molecule has 134 valence electrons. The monoisotopic (exact) mass is 355 g/mol. The Morgan fingerprint density at radius 3 is 2.54 bits per heavy atom. The predicted octanol–water partition coefficient (Wildman–Crippen LogP) is 2.27. The number of benzene rings is 2. The maximum Gasteiger partial charge on any atom is 0.341 e. The number of carbonyl (C=O) groups excluding carboxylic acids is 2. The van der Waals surface area contributed by atoms with Gasteiger partial charge >= 0.3 is 11.9 Å². The van der Waals surface area contributed by atoms with E-state index in [9.17, 15) is 24.6 Å². The van der Waals surface area contributed by atoms with Crippen LogP contribution in [0.2, 0.25) is 0 Å². The summed E-state index contributed by atoms with van der Waals surface area (Å²) >= 11 is 0. The van der Waals surface area contributed by atoms with Gasteiger partial charge in [-0.15, -0.1) is 0 Å². The quantitative estimate of drug-likeness (QED) is 0.816. The molecule has 1 heterocycles. The van der Waals surface area contributed by atoms with Gasteiger partial charge in [0.25, 0.3) is 5.91 Å². The Balaban J connectivity index is 2.11. The molecule has 2 aromatic carbocycles. The number of hydrogen-bond acceptors (Lipinski definition) is 5.